The van der Waals surface area contributed by atoms with Crippen LogP contribution in [0.5, 0.6) is 0 Å². The molecule has 1 aliphatic heterocycles. The minimum atomic E-state index is -0.128. The van der Waals surface area contributed by atoms with Crippen LogP contribution in [0.4, 0.5) is 0 Å². The molecule has 6 nitrogen and oxygen atoms in total. The second-order valence-electron chi connectivity index (χ2n) is 6.46. The predicted octanol–water partition coefficient (Wildman–Crippen LogP) is 3.63. The summed E-state index contributed by atoms with van der Waals surface area (Å²) < 4.78 is 7.57. The number of carbonyl (C=O) groups is 1. The first kappa shape index (κ1) is 16.8. The van der Waals surface area contributed by atoms with E-state index in [1.807, 2.05) is 29.2 Å². The Morgan fingerprint density at radius 1 is 1.31 bits per heavy atom. The van der Waals surface area contributed by atoms with Crippen LogP contribution >= 0.6 is 11.6 Å². The largest absolute Gasteiger partial charge is 0.443 e. The van der Waals surface area contributed by atoms with Gasteiger partial charge in [0.25, 0.3) is 5.91 Å². The molecule has 0 N–H and O–H groups in total. The van der Waals surface area contributed by atoms with Crippen LogP contribution < -0.4 is 0 Å². The Balaban J connectivity index is 1.52. The lowest BCUT2D eigenvalue weighted by atomic mass is 10.1. The lowest BCUT2D eigenvalue weighted by Gasteiger charge is -2.22. The maximum absolute atomic E-state index is 12.8. The Morgan fingerprint density at radius 2 is 2.12 bits per heavy atom. The minimum Gasteiger partial charge on any atom is -0.443 e. The summed E-state index contributed by atoms with van der Waals surface area (Å²) in [7, 11) is 1.77. The van der Waals surface area contributed by atoms with Gasteiger partial charge in [0.15, 0.2) is 0 Å². The fraction of sp³-hybridized carbons (Fsp3) is 0.316. The molecule has 26 heavy (non-hydrogen) atoms. The maximum Gasteiger partial charge on any atom is 0.272 e. The third kappa shape index (κ3) is 3.24. The number of hydrogen-bond acceptors (Lipinski definition) is 4. The molecule has 3 aromatic rings. The van der Waals surface area contributed by atoms with Gasteiger partial charge < -0.3 is 9.32 Å². The summed E-state index contributed by atoms with van der Waals surface area (Å²) in [6.07, 6.45) is 5.81. The molecule has 134 valence electrons. The Hall–Kier alpha value is -2.60. The van der Waals surface area contributed by atoms with Crippen LogP contribution in [0.25, 0.3) is 0 Å². The zero-order valence-corrected chi connectivity index (χ0v) is 15.2. The van der Waals surface area contributed by atoms with Crippen molar-refractivity contribution in [2.45, 2.75) is 25.3 Å². The number of benzene rings is 1. The van der Waals surface area contributed by atoms with Crippen LogP contribution in [0.3, 0.4) is 0 Å². The van der Waals surface area contributed by atoms with Crippen LogP contribution in [-0.4, -0.2) is 32.1 Å². The zero-order valence-electron chi connectivity index (χ0n) is 14.4. The minimum absolute atomic E-state index is 0.0371. The number of aryl methyl sites for hydroxylation is 1. The molecular weight excluding hydrogens is 352 g/mol. The number of hydrogen-bond donors (Lipinski definition) is 0. The van der Waals surface area contributed by atoms with E-state index in [0.717, 1.165) is 24.2 Å². The van der Waals surface area contributed by atoms with Gasteiger partial charge in [-0.2, -0.15) is 5.10 Å². The van der Waals surface area contributed by atoms with E-state index in [0.29, 0.717) is 29.6 Å². The standard InChI is InChI=1S/C19H19ClN4O2/c1-23-17(8-9-22-23)19(25)24-10-2-3-16(24)18-21-12-15(26-18)11-13-4-6-14(20)7-5-13/h4-9,12,16H,2-3,10-11H2,1H3/t16-/m0/s1. The molecule has 1 aliphatic rings. The highest BCUT2D eigenvalue weighted by molar-refractivity contribution is 6.30. The van der Waals surface area contributed by atoms with Gasteiger partial charge in [-0.05, 0) is 36.6 Å². The fourth-order valence-corrected chi connectivity index (χ4v) is 3.49. The number of oxazole rings is 1. The smallest absolute Gasteiger partial charge is 0.272 e. The number of aromatic nitrogens is 3. The van der Waals surface area contributed by atoms with E-state index >= 15 is 0 Å². The summed E-state index contributed by atoms with van der Waals surface area (Å²) in [6.45, 7) is 0.698. The number of rotatable bonds is 4. The molecule has 4 rings (SSSR count). The monoisotopic (exact) mass is 370 g/mol. The highest BCUT2D eigenvalue weighted by Crippen LogP contribution is 2.33. The van der Waals surface area contributed by atoms with Crippen molar-refractivity contribution in [2.24, 2.45) is 7.05 Å². The van der Waals surface area contributed by atoms with Gasteiger partial charge in [-0.1, -0.05) is 23.7 Å². The number of halogens is 1. The Bertz CT molecular complexity index is 916. The summed E-state index contributed by atoms with van der Waals surface area (Å²) in [5.74, 6) is 1.34. The average Bonchev–Trinajstić information content (AvgIpc) is 3.36. The van der Waals surface area contributed by atoms with E-state index in [-0.39, 0.29) is 11.9 Å². The van der Waals surface area contributed by atoms with E-state index in [1.165, 1.54) is 0 Å². The second-order valence-corrected chi connectivity index (χ2v) is 6.90. The molecule has 1 atom stereocenters. The Morgan fingerprint density at radius 3 is 2.85 bits per heavy atom. The number of amides is 1. The molecule has 2 aromatic heterocycles. The van der Waals surface area contributed by atoms with Gasteiger partial charge in [0.2, 0.25) is 5.89 Å². The van der Waals surface area contributed by atoms with Gasteiger partial charge in [-0.15, -0.1) is 0 Å². The van der Waals surface area contributed by atoms with Gasteiger partial charge >= 0.3 is 0 Å². The topological polar surface area (TPSA) is 64.2 Å². The van der Waals surface area contributed by atoms with E-state index in [4.69, 9.17) is 16.0 Å². The molecule has 1 aromatic carbocycles. The average molecular weight is 371 g/mol. The summed E-state index contributed by atoms with van der Waals surface area (Å²) >= 11 is 5.92. The molecule has 0 aliphatic carbocycles. The molecule has 0 radical (unpaired) electrons. The number of likely N-dealkylation sites (tertiary alicyclic amines) is 1. The van der Waals surface area contributed by atoms with Crippen molar-refractivity contribution in [1.82, 2.24) is 19.7 Å². The first-order valence-electron chi connectivity index (χ1n) is 8.60. The first-order valence-corrected chi connectivity index (χ1v) is 8.97. The normalized spacial score (nSPS) is 17.0. The van der Waals surface area contributed by atoms with Crippen molar-refractivity contribution in [3.8, 4) is 0 Å². The maximum atomic E-state index is 12.8. The van der Waals surface area contributed by atoms with Crippen molar-refractivity contribution in [2.75, 3.05) is 6.54 Å². The molecule has 0 unspecified atom stereocenters. The van der Waals surface area contributed by atoms with Crippen molar-refractivity contribution < 1.29 is 9.21 Å². The van der Waals surface area contributed by atoms with Crippen molar-refractivity contribution in [3.05, 3.63) is 70.7 Å². The highest BCUT2D eigenvalue weighted by Gasteiger charge is 2.34. The van der Waals surface area contributed by atoms with Crippen LogP contribution in [-0.2, 0) is 13.5 Å². The first-order chi connectivity index (χ1) is 12.6. The van der Waals surface area contributed by atoms with E-state index < -0.39 is 0 Å². The quantitative estimate of drug-likeness (QED) is 0.703. The third-order valence-corrected chi connectivity index (χ3v) is 4.95. The molecule has 1 saturated heterocycles. The van der Waals surface area contributed by atoms with Gasteiger partial charge in [-0.25, -0.2) is 4.98 Å². The summed E-state index contributed by atoms with van der Waals surface area (Å²) in [5.41, 5.74) is 1.68. The molecule has 3 heterocycles. The van der Waals surface area contributed by atoms with Crippen LogP contribution in [0, 0.1) is 0 Å². The molecule has 0 saturated carbocycles. The van der Waals surface area contributed by atoms with Crippen molar-refractivity contribution in [3.63, 3.8) is 0 Å². The molecule has 1 amide bonds. The van der Waals surface area contributed by atoms with Crippen LogP contribution in [0.1, 0.15) is 46.6 Å². The Labute approximate surface area is 156 Å². The van der Waals surface area contributed by atoms with Gasteiger partial charge in [-0.3, -0.25) is 9.48 Å². The molecule has 0 bridgehead atoms. The number of nitrogens with zero attached hydrogens (tertiary/aromatic N) is 4. The van der Waals surface area contributed by atoms with Crippen LogP contribution in [0.2, 0.25) is 5.02 Å². The molecule has 0 spiro atoms. The zero-order chi connectivity index (χ0) is 18.1. The van der Waals surface area contributed by atoms with E-state index in [1.54, 1.807) is 30.2 Å². The van der Waals surface area contributed by atoms with Crippen LogP contribution in [0.15, 0.2) is 47.1 Å². The number of carbonyl (C=O) groups excluding carboxylic acids is 1. The van der Waals surface area contributed by atoms with Gasteiger partial charge in [0, 0.05) is 31.2 Å². The van der Waals surface area contributed by atoms with Gasteiger partial charge in [0.05, 0.1) is 6.20 Å². The SMILES string of the molecule is Cn1nccc1C(=O)N1CCC[C@H]1c1ncc(Cc2ccc(Cl)cc2)o1. The third-order valence-electron chi connectivity index (χ3n) is 4.70. The summed E-state index contributed by atoms with van der Waals surface area (Å²) in [4.78, 5) is 19.1. The molecule has 7 heteroatoms. The van der Waals surface area contributed by atoms with E-state index in [2.05, 4.69) is 10.1 Å². The van der Waals surface area contributed by atoms with Gasteiger partial charge in [0.1, 0.15) is 17.5 Å². The highest BCUT2D eigenvalue weighted by atomic mass is 35.5. The molecule has 1 fully saturated rings. The summed E-state index contributed by atoms with van der Waals surface area (Å²) in [6, 6.07) is 9.27. The lowest BCUT2D eigenvalue weighted by molar-refractivity contribution is 0.0703. The predicted molar refractivity (Wildman–Crippen MR) is 97.0 cm³/mol. The second kappa shape index (κ2) is 6.96. The summed E-state index contributed by atoms with van der Waals surface area (Å²) in [5, 5.41) is 4.80. The van der Waals surface area contributed by atoms with E-state index in [9.17, 15) is 4.79 Å². The molecular formula is C19H19ClN4O2. The lowest BCUT2D eigenvalue weighted by Crippen LogP contribution is -2.32. The van der Waals surface area contributed by atoms with Crippen molar-refractivity contribution >= 4 is 17.5 Å². The van der Waals surface area contributed by atoms with Crippen molar-refractivity contribution in [1.29, 1.82) is 0 Å². The Kier molecular flexibility index (Phi) is 4.51. The fourth-order valence-electron chi connectivity index (χ4n) is 3.36.